The lowest BCUT2D eigenvalue weighted by Gasteiger charge is -2.23. The fourth-order valence-electron chi connectivity index (χ4n) is 4.96. The van der Waals surface area contributed by atoms with Gasteiger partial charge in [-0.2, -0.15) is 0 Å². The van der Waals surface area contributed by atoms with Gasteiger partial charge in [0, 0.05) is 24.3 Å². The number of hydrogen-bond donors (Lipinski definition) is 2. The summed E-state index contributed by atoms with van der Waals surface area (Å²) < 4.78 is 2.48. The van der Waals surface area contributed by atoms with E-state index >= 15 is 0 Å². The second-order valence-corrected chi connectivity index (χ2v) is 9.74. The van der Waals surface area contributed by atoms with Crippen molar-refractivity contribution in [2.45, 2.75) is 64.5 Å². The van der Waals surface area contributed by atoms with Crippen molar-refractivity contribution in [2.24, 2.45) is 0 Å². The molecule has 3 aromatic carbocycles. The van der Waals surface area contributed by atoms with E-state index in [0.29, 0.717) is 0 Å². The van der Waals surface area contributed by atoms with Gasteiger partial charge in [-0.1, -0.05) is 117 Å². The third kappa shape index (κ3) is 7.41. The number of aliphatic hydroxyl groups excluding tert-OH is 1. The number of rotatable bonds is 15. The van der Waals surface area contributed by atoms with E-state index in [0.717, 1.165) is 80.7 Å². The Morgan fingerprint density at radius 2 is 1.38 bits per heavy atom. The molecule has 4 nitrogen and oxygen atoms in total. The lowest BCUT2D eigenvalue weighted by atomic mass is 9.98. The van der Waals surface area contributed by atoms with E-state index in [2.05, 4.69) is 108 Å². The van der Waals surface area contributed by atoms with Crippen molar-refractivity contribution in [3.8, 4) is 22.6 Å². The van der Waals surface area contributed by atoms with Crippen LogP contribution in [-0.2, 0) is 13.0 Å². The van der Waals surface area contributed by atoms with E-state index in [-0.39, 0.29) is 12.6 Å². The fourth-order valence-corrected chi connectivity index (χ4v) is 4.96. The largest absolute Gasteiger partial charge is 0.396 e. The predicted octanol–water partition coefficient (Wildman–Crippen LogP) is 7.44. The standard InChI is InChI=1S/C33H41N3O/c1-2-3-24-36-32(30(26-27-17-9-6-10-18-27)34-23-15-4-5-16-25-37)31(28-19-11-7-12-20-28)35-33(36)29-21-13-8-14-22-29/h6-14,17-22,30,34,37H,2-5,15-16,23-26H2,1H3. The van der Waals surface area contributed by atoms with Crippen molar-refractivity contribution in [3.63, 3.8) is 0 Å². The maximum absolute atomic E-state index is 9.13. The van der Waals surface area contributed by atoms with Gasteiger partial charge in [-0.25, -0.2) is 4.98 Å². The van der Waals surface area contributed by atoms with Crippen molar-refractivity contribution in [2.75, 3.05) is 13.2 Å². The number of aromatic nitrogens is 2. The van der Waals surface area contributed by atoms with Crippen LogP contribution in [0.5, 0.6) is 0 Å². The molecule has 0 radical (unpaired) electrons. The Kier molecular flexibility index (Phi) is 10.5. The van der Waals surface area contributed by atoms with Crippen LogP contribution in [-0.4, -0.2) is 27.8 Å². The zero-order valence-corrected chi connectivity index (χ0v) is 22.2. The Hall–Kier alpha value is -3.21. The van der Waals surface area contributed by atoms with Crippen molar-refractivity contribution < 1.29 is 5.11 Å². The van der Waals surface area contributed by atoms with Gasteiger partial charge in [0.25, 0.3) is 0 Å². The van der Waals surface area contributed by atoms with Gasteiger partial charge in [0.1, 0.15) is 5.82 Å². The highest BCUT2D eigenvalue weighted by Crippen LogP contribution is 2.35. The molecule has 4 rings (SSSR count). The molecule has 1 heterocycles. The highest BCUT2D eigenvalue weighted by atomic mass is 16.2. The smallest absolute Gasteiger partial charge is 0.140 e. The van der Waals surface area contributed by atoms with Gasteiger partial charge >= 0.3 is 0 Å². The quantitative estimate of drug-likeness (QED) is 0.168. The van der Waals surface area contributed by atoms with Crippen molar-refractivity contribution in [1.82, 2.24) is 14.9 Å². The molecule has 2 N–H and O–H groups in total. The Balaban J connectivity index is 1.78. The molecule has 1 atom stereocenters. The van der Waals surface area contributed by atoms with Crippen LogP contribution in [0.4, 0.5) is 0 Å². The lowest BCUT2D eigenvalue weighted by molar-refractivity contribution is 0.282. The molecule has 0 amide bonds. The molecule has 0 saturated heterocycles. The molecule has 4 aromatic rings. The number of aliphatic hydroxyl groups is 1. The molecule has 0 aliphatic carbocycles. The minimum Gasteiger partial charge on any atom is -0.396 e. The number of benzene rings is 3. The summed E-state index contributed by atoms with van der Waals surface area (Å²) in [5.41, 5.74) is 5.99. The third-order valence-electron chi connectivity index (χ3n) is 6.91. The molecule has 194 valence electrons. The van der Waals surface area contributed by atoms with Gasteiger partial charge in [0.15, 0.2) is 0 Å². The number of nitrogens with one attached hydrogen (secondary N) is 1. The zero-order valence-electron chi connectivity index (χ0n) is 22.2. The summed E-state index contributed by atoms with van der Waals surface area (Å²) in [5, 5.41) is 13.1. The lowest BCUT2D eigenvalue weighted by Crippen LogP contribution is -2.27. The first-order valence-electron chi connectivity index (χ1n) is 13.9. The molecule has 1 aromatic heterocycles. The average Bonchev–Trinajstić information content (AvgIpc) is 3.34. The average molecular weight is 496 g/mol. The van der Waals surface area contributed by atoms with E-state index in [9.17, 15) is 0 Å². The summed E-state index contributed by atoms with van der Waals surface area (Å²) in [6.07, 6.45) is 7.33. The van der Waals surface area contributed by atoms with E-state index in [1.165, 1.54) is 11.3 Å². The summed E-state index contributed by atoms with van der Waals surface area (Å²) in [7, 11) is 0. The monoisotopic (exact) mass is 495 g/mol. The van der Waals surface area contributed by atoms with Gasteiger partial charge < -0.3 is 15.0 Å². The van der Waals surface area contributed by atoms with Crippen LogP contribution < -0.4 is 5.32 Å². The van der Waals surface area contributed by atoms with Gasteiger partial charge in [0.05, 0.1) is 17.4 Å². The van der Waals surface area contributed by atoms with E-state index in [1.807, 2.05) is 0 Å². The number of imidazole rings is 1. The van der Waals surface area contributed by atoms with Gasteiger partial charge in [-0.05, 0) is 37.8 Å². The summed E-state index contributed by atoms with van der Waals surface area (Å²) >= 11 is 0. The van der Waals surface area contributed by atoms with Gasteiger partial charge in [-0.15, -0.1) is 0 Å². The normalized spacial score (nSPS) is 12.1. The van der Waals surface area contributed by atoms with Crippen LogP contribution in [0.1, 0.15) is 62.7 Å². The second-order valence-electron chi connectivity index (χ2n) is 9.74. The van der Waals surface area contributed by atoms with E-state index in [1.54, 1.807) is 0 Å². The van der Waals surface area contributed by atoms with Crippen molar-refractivity contribution in [3.05, 3.63) is 102 Å². The summed E-state index contributed by atoms with van der Waals surface area (Å²) in [4.78, 5) is 5.33. The van der Waals surface area contributed by atoms with Gasteiger partial charge in [0.2, 0.25) is 0 Å². The van der Waals surface area contributed by atoms with Crippen molar-refractivity contribution in [1.29, 1.82) is 0 Å². The summed E-state index contributed by atoms with van der Waals surface area (Å²) in [6.45, 7) is 4.42. The molecule has 0 bridgehead atoms. The molecule has 0 spiro atoms. The topological polar surface area (TPSA) is 50.1 Å². The molecule has 37 heavy (non-hydrogen) atoms. The third-order valence-corrected chi connectivity index (χ3v) is 6.91. The number of unbranched alkanes of at least 4 members (excludes halogenated alkanes) is 4. The Bertz CT molecular complexity index is 1170. The van der Waals surface area contributed by atoms with Crippen molar-refractivity contribution >= 4 is 0 Å². The highest BCUT2D eigenvalue weighted by molar-refractivity contribution is 5.69. The van der Waals surface area contributed by atoms with Crippen LogP contribution >= 0.6 is 0 Å². The van der Waals surface area contributed by atoms with Crippen LogP contribution in [0.25, 0.3) is 22.6 Å². The van der Waals surface area contributed by atoms with Crippen LogP contribution in [0, 0.1) is 0 Å². The first-order valence-corrected chi connectivity index (χ1v) is 13.9. The maximum Gasteiger partial charge on any atom is 0.140 e. The summed E-state index contributed by atoms with van der Waals surface area (Å²) in [6, 6.07) is 32.2. The molecule has 0 saturated carbocycles. The molecule has 0 aliphatic rings. The SMILES string of the molecule is CCCCn1c(-c2ccccc2)nc(-c2ccccc2)c1C(Cc1ccccc1)NCCCCCCO. The van der Waals surface area contributed by atoms with Gasteiger partial charge in [-0.3, -0.25) is 0 Å². The highest BCUT2D eigenvalue weighted by Gasteiger charge is 2.26. The van der Waals surface area contributed by atoms with Crippen LogP contribution in [0.3, 0.4) is 0 Å². The Labute approximate surface area is 222 Å². The van der Waals surface area contributed by atoms with E-state index in [4.69, 9.17) is 10.1 Å². The second kappa shape index (κ2) is 14.5. The summed E-state index contributed by atoms with van der Waals surface area (Å²) in [5.74, 6) is 1.05. The molecule has 0 fully saturated rings. The van der Waals surface area contributed by atoms with Crippen LogP contribution in [0.2, 0.25) is 0 Å². The van der Waals surface area contributed by atoms with E-state index < -0.39 is 0 Å². The molecule has 4 heteroatoms. The molecular weight excluding hydrogens is 454 g/mol. The minimum absolute atomic E-state index is 0.136. The molecule has 0 aliphatic heterocycles. The maximum atomic E-state index is 9.13. The Morgan fingerprint density at radius 1 is 0.757 bits per heavy atom. The first-order chi connectivity index (χ1) is 18.3. The minimum atomic E-state index is 0.136. The first kappa shape index (κ1) is 26.8. The number of hydrogen-bond acceptors (Lipinski definition) is 3. The fraction of sp³-hybridized carbons (Fsp3) is 0.364. The number of nitrogens with zero attached hydrogens (tertiary/aromatic N) is 2. The predicted molar refractivity (Wildman–Crippen MR) is 154 cm³/mol. The molecular formula is C33H41N3O. The Morgan fingerprint density at radius 3 is 2.03 bits per heavy atom. The molecule has 1 unspecified atom stereocenters. The van der Waals surface area contributed by atoms with Crippen LogP contribution in [0.15, 0.2) is 91.0 Å². The zero-order chi connectivity index (χ0) is 25.7.